The summed E-state index contributed by atoms with van der Waals surface area (Å²) in [6.07, 6.45) is 21.6. The molecule has 0 amide bonds. The Labute approximate surface area is 156 Å². The number of aliphatic hydroxyl groups is 1. The second kappa shape index (κ2) is 25.2. The van der Waals surface area contributed by atoms with Crippen LogP contribution in [0.3, 0.4) is 0 Å². The molecule has 0 aromatic carbocycles. The predicted molar refractivity (Wildman–Crippen MR) is 109 cm³/mol. The van der Waals surface area contributed by atoms with Gasteiger partial charge in [0.1, 0.15) is 0 Å². The highest BCUT2D eigenvalue weighted by Gasteiger charge is 2.01. The molecule has 148 valence electrons. The lowest BCUT2D eigenvalue weighted by atomic mass is 10.1. The van der Waals surface area contributed by atoms with Crippen molar-refractivity contribution in [3.05, 3.63) is 24.3 Å². The van der Waals surface area contributed by atoms with Crippen LogP contribution in [0.4, 0.5) is 0 Å². The van der Waals surface area contributed by atoms with Crippen LogP contribution >= 0.6 is 0 Å². The van der Waals surface area contributed by atoms with E-state index in [4.69, 9.17) is 9.84 Å². The lowest BCUT2D eigenvalue weighted by Crippen LogP contribution is -2.05. The van der Waals surface area contributed by atoms with Gasteiger partial charge in [0.15, 0.2) is 0 Å². The van der Waals surface area contributed by atoms with Crippen LogP contribution in [0.15, 0.2) is 24.3 Å². The summed E-state index contributed by atoms with van der Waals surface area (Å²) in [6, 6.07) is 0. The van der Waals surface area contributed by atoms with Crippen molar-refractivity contribution in [2.75, 3.05) is 13.2 Å². The zero-order chi connectivity index (χ0) is 19.0. The third-order valence-corrected chi connectivity index (χ3v) is 3.79. The highest BCUT2D eigenvalue weighted by atomic mass is 16.5. The zero-order valence-corrected chi connectivity index (χ0v) is 17.0. The molecule has 0 heterocycles. The average Bonchev–Trinajstić information content (AvgIpc) is 2.61. The van der Waals surface area contributed by atoms with E-state index in [1.165, 1.54) is 51.4 Å². The molecule has 0 fully saturated rings. The summed E-state index contributed by atoms with van der Waals surface area (Å²) in [5.74, 6) is -0.00797. The third kappa shape index (κ3) is 28.0. The van der Waals surface area contributed by atoms with Gasteiger partial charge in [-0.15, -0.1) is 0 Å². The maximum atomic E-state index is 11.3. The van der Waals surface area contributed by atoms with Crippen LogP contribution in [0.1, 0.15) is 97.8 Å². The first-order valence-electron chi connectivity index (χ1n) is 10.3. The standard InChI is InChI=1S/C16H32O2.C6H10O/c1-3-5-7-8-9-10-11-12-13-14-16(17)18-15-6-4-2;1-2-3-4-5-6-7/h3-15H2,1-2H3;2-5,7H,6H2,1H3/b;3-2+,5-4+. The number of carbonyl (C=O) groups is 1. The van der Waals surface area contributed by atoms with Crippen LogP contribution in [0.25, 0.3) is 0 Å². The van der Waals surface area contributed by atoms with Crippen molar-refractivity contribution in [2.24, 2.45) is 0 Å². The van der Waals surface area contributed by atoms with Gasteiger partial charge in [-0.1, -0.05) is 95.9 Å². The number of carbonyl (C=O) groups excluding carboxylic acids is 1. The van der Waals surface area contributed by atoms with Crippen molar-refractivity contribution >= 4 is 5.97 Å². The van der Waals surface area contributed by atoms with E-state index in [0.29, 0.717) is 13.0 Å². The van der Waals surface area contributed by atoms with Gasteiger partial charge in [-0.3, -0.25) is 4.79 Å². The SMILES string of the molecule is C/C=C/C=C/CO.CCCCCCCCCCCC(=O)OCCCC. The molecule has 0 bridgehead atoms. The van der Waals surface area contributed by atoms with Crippen molar-refractivity contribution in [3.63, 3.8) is 0 Å². The summed E-state index contributed by atoms with van der Waals surface area (Å²) in [5, 5.41) is 8.17. The van der Waals surface area contributed by atoms with E-state index in [0.717, 1.165) is 19.3 Å². The fourth-order valence-electron chi connectivity index (χ4n) is 2.23. The highest BCUT2D eigenvalue weighted by molar-refractivity contribution is 5.69. The quantitative estimate of drug-likeness (QED) is 0.211. The molecule has 0 aromatic rings. The van der Waals surface area contributed by atoms with Crippen molar-refractivity contribution in [2.45, 2.75) is 97.8 Å². The Hall–Kier alpha value is -1.09. The zero-order valence-electron chi connectivity index (χ0n) is 17.0. The molecule has 0 saturated heterocycles. The predicted octanol–water partition coefficient (Wildman–Crippen LogP) is 6.36. The summed E-state index contributed by atoms with van der Waals surface area (Å²) in [7, 11) is 0. The highest BCUT2D eigenvalue weighted by Crippen LogP contribution is 2.10. The van der Waals surface area contributed by atoms with Gasteiger partial charge in [0.25, 0.3) is 0 Å². The van der Waals surface area contributed by atoms with Gasteiger partial charge in [-0.25, -0.2) is 0 Å². The molecule has 0 aliphatic carbocycles. The van der Waals surface area contributed by atoms with Crippen molar-refractivity contribution in [1.82, 2.24) is 0 Å². The minimum atomic E-state index is -0.00797. The summed E-state index contributed by atoms with van der Waals surface area (Å²) in [6.45, 7) is 7.02. The van der Waals surface area contributed by atoms with E-state index in [-0.39, 0.29) is 12.6 Å². The topological polar surface area (TPSA) is 46.5 Å². The fourth-order valence-corrected chi connectivity index (χ4v) is 2.23. The molecular weight excluding hydrogens is 312 g/mol. The molecule has 3 nitrogen and oxygen atoms in total. The maximum Gasteiger partial charge on any atom is 0.305 e. The summed E-state index contributed by atoms with van der Waals surface area (Å²) in [5.41, 5.74) is 0. The Kier molecular flexibility index (Phi) is 26.3. The van der Waals surface area contributed by atoms with Gasteiger partial charge in [0.05, 0.1) is 13.2 Å². The third-order valence-electron chi connectivity index (χ3n) is 3.79. The molecule has 0 rings (SSSR count). The van der Waals surface area contributed by atoms with Crippen LogP contribution in [0.5, 0.6) is 0 Å². The van der Waals surface area contributed by atoms with E-state index in [1.807, 2.05) is 19.1 Å². The Balaban J connectivity index is 0. The summed E-state index contributed by atoms with van der Waals surface area (Å²) >= 11 is 0. The van der Waals surface area contributed by atoms with Gasteiger partial charge in [-0.05, 0) is 19.8 Å². The summed E-state index contributed by atoms with van der Waals surface area (Å²) < 4.78 is 5.12. The molecule has 0 atom stereocenters. The normalized spacial score (nSPS) is 10.9. The fraction of sp³-hybridized carbons (Fsp3) is 0.773. The van der Waals surface area contributed by atoms with Gasteiger partial charge < -0.3 is 9.84 Å². The lowest BCUT2D eigenvalue weighted by Gasteiger charge is -2.04. The van der Waals surface area contributed by atoms with Crippen LogP contribution in [-0.2, 0) is 9.53 Å². The molecule has 0 radical (unpaired) electrons. The molecule has 0 spiro atoms. The number of hydrogen-bond donors (Lipinski definition) is 1. The van der Waals surface area contributed by atoms with Crippen molar-refractivity contribution in [3.8, 4) is 0 Å². The van der Waals surface area contributed by atoms with Crippen molar-refractivity contribution in [1.29, 1.82) is 0 Å². The number of hydrogen-bond acceptors (Lipinski definition) is 3. The monoisotopic (exact) mass is 354 g/mol. The first-order valence-corrected chi connectivity index (χ1v) is 10.3. The van der Waals surface area contributed by atoms with Crippen LogP contribution in [0.2, 0.25) is 0 Å². The number of esters is 1. The van der Waals surface area contributed by atoms with Gasteiger partial charge >= 0.3 is 5.97 Å². The Morgan fingerprint density at radius 2 is 1.40 bits per heavy atom. The van der Waals surface area contributed by atoms with E-state index >= 15 is 0 Å². The van der Waals surface area contributed by atoms with E-state index in [1.54, 1.807) is 12.2 Å². The molecule has 0 aliphatic rings. The second-order valence-corrected chi connectivity index (χ2v) is 6.29. The molecule has 25 heavy (non-hydrogen) atoms. The maximum absolute atomic E-state index is 11.3. The Bertz CT molecular complexity index is 308. The largest absolute Gasteiger partial charge is 0.466 e. The van der Waals surface area contributed by atoms with Gasteiger partial charge in [-0.2, -0.15) is 0 Å². The Morgan fingerprint density at radius 3 is 1.92 bits per heavy atom. The molecular formula is C22H42O3. The number of aliphatic hydroxyl groups excluding tert-OH is 1. The molecule has 3 heteroatoms. The van der Waals surface area contributed by atoms with E-state index in [9.17, 15) is 4.79 Å². The van der Waals surface area contributed by atoms with Crippen molar-refractivity contribution < 1.29 is 14.6 Å². The Morgan fingerprint density at radius 1 is 0.840 bits per heavy atom. The van der Waals surface area contributed by atoms with Crippen LogP contribution in [0, 0.1) is 0 Å². The van der Waals surface area contributed by atoms with Crippen LogP contribution < -0.4 is 0 Å². The molecule has 0 aliphatic heterocycles. The van der Waals surface area contributed by atoms with Gasteiger partial charge in [0.2, 0.25) is 0 Å². The minimum Gasteiger partial charge on any atom is -0.466 e. The molecule has 0 aromatic heterocycles. The van der Waals surface area contributed by atoms with E-state index < -0.39 is 0 Å². The van der Waals surface area contributed by atoms with Gasteiger partial charge in [0, 0.05) is 6.42 Å². The average molecular weight is 355 g/mol. The lowest BCUT2D eigenvalue weighted by molar-refractivity contribution is -0.143. The smallest absolute Gasteiger partial charge is 0.305 e. The first kappa shape index (κ1) is 26.1. The molecule has 1 N–H and O–H groups in total. The number of rotatable bonds is 15. The minimum absolute atomic E-state index is 0.00797. The molecule has 0 unspecified atom stereocenters. The van der Waals surface area contributed by atoms with E-state index in [2.05, 4.69) is 13.8 Å². The number of allylic oxidation sites excluding steroid dienone is 3. The van der Waals surface area contributed by atoms with Crippen LogP contribution in [-0.4, -0.2) is 24.3 Å². The summed E-state index contributed by atoms with van der Waals surface area (Å²) in [4.78, 5) is 11.3. The number of ether oxygens (including phenoxy) is 1. The molecule has 0 saturated carbocycles. The number of unbranched alkanes of at least 4 members (excludes halogenated alkanes) is 9. The first-order chi connectivity index (χ1) is 12.2. The second-order valence-electron chi connectivity index (χ2n) is 6.29.